The SMILES string of the molecule is CCCN(Cc1c(Br)cnn1C)C1CCNCC1. The molecule has 1 aliphatic heterocycles. The van der Waals surface area contributed by atoms with Crippen molar-refractivity contribution in [1.82, 2.24) is 20.0 Å². The molecule has 1 aromatic rings. The smallest absolute Gasteiger partial charge is 0.0663 e. The maximum absolute atomic E-state index is 4.31. The van der Waals surface area contributed by atoms with Gasteiger partial charge < -0.3 is 5.32 Å². The Morgan fingerprint density at radius 2 is 2.22 bits per heavy atom. The highest BCUT2D eigenvalue weighted by Crippen LogP contribution is 2.21. The van der Waals surface area contributed by atoms with Crippen molar-refractivity contribution in [3.63, 3.8) is 0 Å². The van der Waals surface area contributed by atoms with Crippen LogP contribution in [0.3, 0.4) is 0 Å². The lowest BCUT2D eigenvalue weighted by Crippen LogP contribution is -2.43. The number of nitrogens with zero attached hydrogens (tertiary/aromatic N) is 3. The predicted octanol–water partition coefficient (Wildman–Crippen LogP) is 2.15. The molecule has 2 heterocycles. The highest BCUT2D eigenvalue weighted by Gasteiger charge is 2.22. The van der Waals surface area contributed by atoms with E-state index in [4.69, 9.17) is 0 Å². The molecule has 0 aliphatic carbocycles. The van der Waals surface area contributed by atoms with Gasteiger partial charge in [-0.05, 0) is 54.8 Å². The Morgan fingerprint density at radius 1 is 1.50 bits per heavy atom. The van der Waals surface area contributed by atoms with E-state index in [1.54, 1.807) is 0 Å². The number of piperidine rings is 1. The molecule has 0 atom stereocenters. The largest absolute Gasteiger partial charge is 0.317 e. The van der Waals surface area contributed by atoms with Crippen molar-refractivity contribution in [2.45, 2.75) is 38.8 Å². The molecule has 4 nitrogen and oxygen atoms in total. The molecule has 0 aromatic carbocycles. The van der Waals surface area contributed by atoms with Crippen molar-refractivity contribution in [2.75, 3.05) is 19.6 Å². The summed E-state index contributed by atoms with van der Waals surface area (Å²) in [6.07, 6.45) is 5.62. The molecular formula is C13H23BrN4. The molecule has 1 N–H and O–H groups in total. The van der Waals surface area contributed by atoms with E-state index in [0.29, 0.717) is 6.04 Å². The monoisotopic (exact) mass is 314 g/mol. The average Bonchev–Trinajstić information content (AvgIpc) is 2.71. The van der Waals surface area contributed by atoms with E-state index in [-0.39, 0.29) is 0 Å². The zero-order chi connectivity index (χ0) is 13.0. The summed E-state index contributed by atoms with van der Waals surface area (Å²) in [6.45, 7) is 6.72. The highest BCUT2D eigenvalue weighted by atomic mass is 79.9. The first kappa shape index (κ1) is 14.0. The van der Waals surface area contributed by atoms with Gasteiger partial charge in [-0.2, -0.15) is 5.10 Å². The summed E-state index contributed by atoms with van der Waals surface area (Å²) in [5, 5.41) is 7.75. The lowest BCUT2D eigenvalue weighted by Gasteiger charge is -2.34. The minimum Gasteiger partial charge on any atom is -0.317 e. The van der Waals surface area contributed by atoms with Gasteiger partial charge in [0.2, 0.25) is 0 Å². The molecule has 2 rings (SSSR count). The first-order valence-electron chi connectivity index (χ1n) is 6.83. The summed E-state index contributed by atoms with van der Waals surface area (Å²) in [5.74, 6) is 0. The van der Waals surface area contributed by atoms with Crippen molar-refractivity contribution in [3.05, 3.63) is 16.4 Å². The molecule has 0 saturated carbocycles. The Bertz CT molecular complexity index is 352. The molecule has 1 fully saturated rings. The Kier molecular flexibility index (Phi) is 5.21. The van der Waals surface area contributed by atoms with Gasteiger partial charge in [-0.3, -0.25) is 9.58 Å². The van der Waals surface area contributed by atoms with E-state index < -0.39 is 0 Å². The fourth-order valence-corrected chi connectivity index (χ4v) is 3.13. The standard InChI is InChI=1S/C13H23BrN4/c1-3-8-18(11-4-6-15-7-5-11)10-13-12(14)9-16-17(13)2/h9,11,15H,3-8,10H2,1-2H3. The van der Waals surface area contributed by atoms with Crippen LogP contribution in [0.25, 0.3) is 0 Å². The average molecular weight is 315 g/mol. The number of hydrogen-bond donors (Lipinski definition) is 1. The van der Waals surface area contributed by atoms with Crippen molar-refractivity contribution in [2.24, 2.45) is 7.05 Å². The molecule has 0 bridgehead atoms. The van der Waals surface area contributed by atoms with Gasteiger partial charge in [-0.25, -0.2) is 0 Å². The highest BCUT2D eigenvalue weighted by molar-refractivity contribution is 9.10. The summed E-state index contributed by atoms with van der Waals surface area (Å²) in [6, 6.07) is 0.716. The van der Waals surface area contributed by atoms with Crippen LogP contribution in [0, 0.1) is 0 Å². The third kappa shape index (κ3) is 3.33. The summed E-state index contributed by atoms with van der Waals surface area (Å²) < 4.78 is 3.11. The van der Waals surface area contributed by atoms with Crippen LogP contribution in [-0.2, 0) is 13.6 Å². The summed E-state index contributed by atoms with van der Waals surface area (Å²) >= 11 is 3.60. The summed E-state index contributed by atoms with van der Waals surface area (Å²) in [4.78, 5) is 2.61. The molecule has 18 heavy (non-hydrogen) atoms. The number of aromatic nitrogens is 2. The summed E-state index contributed by atoms with van der Waals surface area (Å²) in [5.41, 5.74) is 1.28. The molecule has 0 unspecified atom stereocenters. The van der Waals surface area contributed by atoms with Gasteiger partial charge in [0.05, 0.1) is 16.4 Å². The molecule has 102 valence electrons. The minimum atomic E-state index is 0.716. The Morgan fingerprint density at radius 3 is 2.78 bits per heavy atom. The van der Waals surface area contributed by atoms with Gasteiger partial charge in [0.25, 0.3) is 0 Å². The van der Waals surface area contributed by atoms with E-state index >= 15 is 0 Å². The third-order valence-corrected chi connectivity index (χ3v) is 4.36. The Hall–Kier alpha value is -0.390. The second-order valence-corrected chi connectivity index (χ2v) is 5.87. The van der Waals surface area contributed by atoms with Gasteiger partial charge in [0.1, 0.15) is 0 Å². The van der Waals surface area contributed by atoms with E-state index in [9.17, 15) is 0 Å². The van der Waals surface area contributed by atoms with E-state index in [1.165, 1.54) is 31.5 Å². The molecule has 0 spiro atoms. The van der Waals surface area contributed by atoms with Crippen LogP contribution < -0.4 is 5.32 Å². The first-order valence-corrected chi connectivity index (χ1v) is 7.62. The molecule has 0 amide bonds. The quantitative estimate of drug-likeness (QED) is 0.904. The number of hydrogen-bond acceptors (Lipinski definition) is 3. The fourth-order valence-electron chi connectivity index (χ4n) is 2.66. The minimum absolute atomic E-state index is 0.716. The van der Waals surface area contributed by atoms with E-state index in [1.807, 2.05) is 17.9 Å². The molecule has 5 heteroatoms. The van der Waals surface area contributed by atoms with Gasteiger partial charge in [-0.15, -0.1) is 0 Å². The van der Waals surface area contributed by atoms with Crippen molar-refractivity contribution < 1.29 is 0 Å². The van der Waals surface area contributed by atoms with Crippen LogP contribution in [0.1, 0.15) is 31.9 Å². The number of nitrogens with one attached hydrogen (secondary N) is 1. The van der Waals surface area contributed by atoms with Crippen LogP contribution in [0.4, 0.5) is 0 Å². The van der Waals surface area contributed by atoms with E-state index in [2.05, 4.69) is 38.2 Å². The van der Waals surface area contributed by atoms with Gasteiger partial charge in [-0.1, -0.05) is 6.92 Å². The predicted molar refractivity (Wildman–Crippen MR) is 77.5 cm³/mol. The van der Waals surface area contributed by atoms with Gasteiger partial charge in [0, 0.05) is 19.6 Å². The second-order valence-electron chi connectivity index (χ2n) is 5.01. The molecular weight excluding hydrogens is 292 g/mol. The lowest BCUT2D eigenvalue weighted by atomic mass is 10.0. The zero-order valence-corrected chi connectivity index (χ0v) is 12.9. The van der Waals surface area contributed by atoms with Crippen LogP contribution in [0.2, 0.25) is 0 Å². The molecule has 0 radical (unpaired) electrons. The Labute approximate surface area is 118 Å². The normalized spacial score (nSPS) is 17.6. The van der Waals surface area contributed by atoms with Crippen LogP contribution in [0.5, 0.6) is 0 Å². The number of aryl methyl sites for hydroxylation is 1. The van der Waals surface area contributed by atoms with Crippen molar-refractivity contribution >= 4 is 15.9 Å². The number of halogens is 1. The van der Waals surface area contributed by atoms with Crippen molar-refractivity contribution in [3.8, 4) is 0 Å². The van der Waals surface area contributed by atoms with Gasteiger partial charge >= 0.3 is 0 Å². The van der Waals surface area contributed by atoms with Crippen LogP contribution in [-0.4, -0.2) is 40.4 Å². The third-order valence-electron chi connectivity index (χ3n) is 3.70. The topological polar surface area (TPSA) is 33.1 Å². The molecule has 1 aromatic heterocycles. The van der Waals surface area contributed by atoms with Gasteiger partial charge in [0.15, 0.2) is 0 Å². The maximum atomic E-state index is 4.31. The first-order chi connectivity index (χ1) is 8.72. The zero-order valence-electron chi connectivity index (χ0n) is 11.3. The maximum Gasteiger partial charge on any atom is 0.0663 e. The lowest BCUT2D eigenvalue weighted by molar-refractivity contribution is 0.150. The summed E-state index contributed by atoms with van der Waals surface area (Å²) in [7, 11) is 2.02. The van der Waals surface area contributed by atoms with Crippen LogP contribution >= 0.6 is 15.9 Å². The second kappa shape index (κ2) is 6.68. The van der Waals surface area contributed by atoms with Crippen LogP contribution in [0.15, 0.2) is 10.7 Å². The number of rotatable bonds is 5. The Balaban J connectivity index is 2.05. The van der Waals surface area contributed by atoms with E-state index in [0.717, 1.165) is 24.1 Å². The molecule has 1 aliphatic rings. The van der Waals surface area contributed by atoms with Crippen molar-refractivity contribution in [1.29, 1.82) is 0 Å². The molecule has 1 saturated heterocycles. The fraction of sp³-hybridized carbons (Fsp3) is 0.769.